The number of carbonyl (C=O) groups excluding carboxylic acids is 1. The average Bonchev–Trinajstić information content (AvgIpc) is 3.48. The Labute approximate surface area is 234 Å². The Kier molecular flexibility index (Phi) is 6.18. The molecular formula is C32H33N2O5S+. The van der Waals surface area contributed by atoms with Gasteiger partial charge in [-0.3, -0.25) is 9.35 Å². The largest absolute Gasteiger partial charge is 0.456 e. The number of fused-ring (bicyclic) bond motifs is 3. The van der Waals surface area contributed by atoms with Crippen LogP contribution in [0.1, 0.15) is 59.1 Å². The van der Waals surface area contributed by atoms with Gasteiger partial charge >= 0.3 is 0 Å². The van der Waals surface area contributed by atoms with E-state index in [2.05, 4.69) is 16.0 Å². The van der Waals surface area contributed by atoms with Crippen LogP contribution in [0.2, 0.25) is 0 Å². The first-order valence-corrected chi connectivity index (χ1v) is 15.7. The number of nitrogens with one attached hydrogen (secondary N) is 1. The van der Waals surface area contributed by atoms with E-state index in [1.165, 1.54) is 28.6 Å². The lowest BCUT2D eigenvalue weighted by molar-refractivity contribution is -0.120. The summed E-state index contributed by atoms with van der Waals surface area (Å²) in [4.78, 5) is 12.8. The summed E-state index contributed by atoms with van der Waals surface area (Å²) >= 11 is 0. The van der Waals surface area contributed by atoms with Crippen LogP contribution in [0.5, 0.6) is 11.5 Å². The maximum Gasteiger partial charge on any atom is 0.294 e. The fourth-order valence-electron chi connectivity index (χ4n) is 7.01. The normalized spacial score (nSPS) is 19.5. The zero-order valence-electron chi connectivity index (χ0n) is 22.6. The number of hydrogen-bond acceptors (Lipinski definition) is 5. The van der Waals surface area contributed by atoms with E-state index in [4.69, 9.17) is 4.74 Å². The van der Waals surface area contributed by atoms with E-state index in [9.17, 15) is 17.8 Å². The molecule has 8 heteroatoms. The lowest BCUT2D eigenvalue weighted by Crippen LogP contribution is -2.45. The van der Waals surface area contributed by atoms with Gasteiger partial charge in [-0.2, -0.15) is 8.42 Å². The van der Waals surface area contributed by atoms with Crippen LogP contribution >= 0.6 is 0 Å². The Hall–Kier alpha value is -3.33. The molecule has 7 nitrogen and oxygen atoms in total. The zero-order valence-corrected chi connectivity index (χ0v) is 23.4. The van der Waals surface area contributed by atoms with Crippen molar-refractivity contribution in [3.63, 3.8) is 0 Å². The molecule has 0 unspecified atom stereocenters. The number of benzene rings is 3. The Morgan fingerprint density at radius 3 is 2.60 bits per heavy atom. The van der Waals surface area contributed by atoms with Crippen molar-refractivity contribution in [1.29, 1.82) is 0 Å². The molecule has 2 N–H and O–H groups in total. The van der Waals surface area contributed by atoms with Gasteiger partial charge in [-0.05, 0) is 80.1 Å². The third-order valence-corrected chi connectivity index (χ3v) is 9.71. The van der Waals surface area contributed by atoms with Gasteiger partial charge in [0.2, 0.25) is 5.36 Å². The van der Waals surface area contributed by atoms with Crippen molar-refractivity contribution in [1.82, 2.24) is 9.89 Å². The van der Waals surface area contributed by atoms with E-state index in [-0.39, 0.29) is 16.7 Å². The van der Waals surface area contributed by atoms with E-state index >= 15 is 0 Å². The van der Waals surface area contributed by atoms with E-state index in [1.54, 1.807) is 6.07 Å². The van der Waals surface area contributed by atoms with Gasteiger partial charge < -0.3 is 10.1 Å². The van der Waals surface area contributed by atoms with Crippen molar-refractivity contribution in [2.45, 2.75) is 62.8 Å². The monoisotopic (exact) mass is 557 g/mol. The first-order valence-electron chi connectivity index (χ1n) is 14.2. The Morgan fingerprint density at radius 1 is 1.05 bits per heavy atom. The standard InChI is InChI=1S/C32H32N2O5S/c1-19-15-22(40(36,37)38)9-11-23(19)30-24-10-8-20(16-28(35)27-7-2-12-33-27)17-29(24)39-32-25-6-4-14-34-13-3-5-21(31(25)34)18-26(30)32/h8-11,15,17-18,27,33H,2-7,12-14,16H2,1H3/p+1/t27-/m0/s1. The quantitative estimate of drug-likeness (QED) is 0.290. The number of nitrogens with zero attached hydrogens (tertiary/aromatic N) is 1. The van der Waals surface area contributed by atoms with Crippen LogP contribution in [0.4, 0.5) is 0 Å². The molecule has 7 rings (SSSR count). The second-order valence-corrected chi connectivity index (χ2v) is 12.9. The number of Topliss-reactive ketones (excluding diaryl/α,β-unsaturated/α-hetero) is 1. The van der Waals surface area contributed by atoms with Crippen LogP contribution in [-0.2, 0) is 34.2 Å². The van der Waals surface area contributed by atoms with Crippen LogP contribution in [-0.4, -0.2) is 44.4 Å². The fraction of sp³-hybridized carbons (Fsp3) is 0.375. The topological polar surface area (TPSA) is 95.7 Å². The first kappa shape index (κ1) is 25.6. The van der Waals surface area contributed by atoms with Gasteiger partial charge in [0.1, 0.15) is 24.6 Å². The van der Waals surface area contributed by atoms with Crippen LogP contribution in [0, 0.1) is 6.92 Å². The van der Waals surface area contributed by atoms with Crippen molar-refractivity contribution >= 4 is 21.5 Å². The first-order chi connectivity index (χ1) is 19.3. The summed E-state index contributed by atoms with van der Waals surface area (Å²) in [7, 11) is -4.32. The summed E-state index contributed by atoms with van der Waals surface area (Å²) < 4.78 is 42.6. The molecule has 0 aliphatic carbocycles. The highest BCUT2D eigenvalue weighted by Crippen LogP contribution is 2.39. The molecule has 40 heavy (non-hydrogen) atoms. The summed E-state index contributed by atoms with van der Waals surface area (Å²) in [5, 5.41) is 5.64. The molecule has 4 heterocycles. The van der Waals surface area contributed by atoms with Gasteiger partial charge in [-0.15, -0.1) is 0 Å². The molecule has 4 aliphatic heterocycles. The predicted molar refractivity (Wildman–Crippen MR) is 152 cm³/mol. The molecule has 1 atom stereocenters. The van der Waals surface area contributed by atoms with Crippen molar-refractivity contribution in [3.8, 4) is 11.5 Å². The Balaban J connectivity index is 1.45. The van der Waals surface area contributed by atoms with Gasteiger partial charge in [0.05, 0.1) is 16.5 Å². The summed E-state index contributed by atoms with van der Waals surface area (Å²) in [5.74, 6) is 1.79. The molecule has 4 aliphatic rings. The number of hydrogen-bond donors (Lipinski definition) is 2. The molecule has 0 saturated carbocycles. The highest BCUT2D eigenvalue weighted by Gasteiger charge is 2.32. The lowest BCUT2D eigenvalue weighted by atomic mass is 9.86. The second kappa shape index (κ2) is 9.65. The highest BCUT2D eigenvalue weighted by atomic mass is 32.2. The van der Waals surface area contributed by atoms with E-state index in [0.29, 0.717) is 6.42 Å². The molecule has 0 aromatic heterocycles. The minimum absolute atomic E-state index is 0.0780. The number of rotatable bonds is 5. The molecule has 206 valence electrons. The minimum Gasteiger partial charge on any atom is -0.456 e. The SMILES string of the molecule is Cc1cc(S(=O)(=O)O)ccc1C1=c2cc3c4c(c2Oc2cc(CC(=O)[C@@H]5CCCN5)ccc21)CCC[N+]=4CCC3. The molecule has 3 aromatic carbocycles. The van der Waals surface area contributed by atoms with Crippen LogP contribution in [0.25, 0.3) is 5.57 Å². The van der Waals surface area contributed by atoms with E-state index < -0.39 is 10.1 Å². The average molecular weight is 558 g/mol. The van der Waals surface area contributed by atoms with E-state index in [0.717, 1.165) is 103 Å². The Morgan fingerprint density at radius 2 is 1.85 bits per heavy atom. The number of aryl methyl sites for hydroxylation is 2. The summed E-state index contributed by atoms with van der Waals surface area (Å²) in [6.45, 7) is 4.88. The van der Waals surface area contributed by atoms with Crippen molar-refractivity contribution in [3.05, 3.63) is 86.4 Å². The third kappa shape index (κ3) is 4.29. The van der Waals surface area contributed by atoms with E-state index in [1.807, 2.05) is 25.1 Å². The summed E-state index contributed by atoms with van der Waals surface area (Å²) in [6.07, 6.45) is 6.41. The van der Waals surface area contributed by atoms with Crippen LogP contribution in [0.15, 0.2) is 47.4 Å². The minimum atomic E-state index is -4.32. The van der Waals surface area contributed by atoms with Gasteiger partial charge in [0, 0.05) is 41.2 Å². The van der Waals surface area contributed by atoms with Gasteiger partial charge in [0.25, 0.3) is 10.1 Å². The fourth-order valence-corrected chi connectivity index (χ4v) is 7.57. The Bertz CT molecular complexity index is 1820. The molecule has 0 amide bonds. The number of carbonyl (C=O) groups is 1. The summed E-state index contributed by atoms with van der Waals surface area (Å²) in [6, 6.07) is 13.0. The molecule has 0 bridgehead atoms. The maximum atomic E-state index is 12.9. The van der Waals surface area contributed by atoms with Crippen molar-refractivity contribution < 1.29 is 22.5 Å². The smallest absolute Gasteiger partial charge is 0.294 e. The third-order valence-electron chi connectivity index (χ3n) is 8.86. The number of ketones is 1. The summed E-state index contributed by atoms with van der Waals surface area (Å²) in [5.41, 5.74) is 7.06. The maximum absolute atomic E-state index is 12.9. The second-order valence-electron chi connectivity index (χ2n) is 11.5. The predicted octanol–water partition coefficient (Wildman–Crippen LogP) is 2.84. The zero-order chi connectivity index (χ0) is 27.6. The van der Waals surface area contributed by atoms with Crippen molar-refractivity contribution in [2.75, 3.05) is 19.6 Å². The van der Waals surface area contributed by atoms with Gasteiger partial charge in [-0.25, -0.2) is 4.58 Å². The van der Waals surface area contributed by atoms with Crippen LogP contribution < -0.4 is 25.2 Å². The molecule has 1 fully saturated rings. The molecule has 1 saturated heterocycles. The molecule has 3 aromatic rings. The lowest BCUT2D eigenvalue weighted by Gasteiger charge is -2.27. The van der Waals surface area contributed by atoms with Gasteiger partial charge in [0.15, 0.2) is 5.78 Å². The van der Waals surface area contributed by atoms with Gasteiger partial charge in [-0.1, -0.05) is 18.2 Å². The van der Waals surface area contributed by atoms with Crippen LogP contribution in [0.3, 0.4) is 0 Å². The van der Waals surface area contributed by atoms with Crippen molar-refractivity contribution in [2.24, 2.45) is 0 Å². The molecular weight excluding hydrogens is 524 g/mol. The molecule has 0 radical (unpaired) electrons. The number of ether oxygens (including phenoxy) is 1. The highest BCUT2D eigenvalue weighted by molar-refractivity contribution is 7.85. The molecule has 0 spiro atoms.